The number of carbonyl (C=O) groups excluding carboxylic acids is 1. The molecular weight excluding hydrogens is 256 g/mol. The zero-order valence-electron chi connectivity index (χ0n) is 10.2. The summed E-state index contributed by atoms with van der Waals surface area (Å²) in [6.07, 6.45) is 0. The minimum Gasteiger partial charge on any atom is -0.398 e. The highest BCUT2D eigenvalue weighted by Crippen LogP contribution is 2.27. The molecule has 0 aliphatic rings. The number of thioether (sulfide) groups is 1. The Kier molecular flexibility index (Phi) is 4.71. The molecule has 5 heteroatoms. The molecule has 94 valence electrons. The van der Waals surface area contributed by atoms with Crippen molar-refractivity contribution in [3.63, 3.8) is 0 Å². The van der Waals surface area contributed by atoms with Crippen molar-refractivity contribution < 1.29 is 4.79 Å². The molecule has 0 heterocycles. The lowest BCUT2D eigenvalue weighted by Gasteiger charge is -2.20. The van der Waals surface area contributed by atoms with Crippen LogP contribution in [0.3, 0.4) is 0 Å². The van der Waals surface area contributed by atoms with Crippen molar-refractivity contribution >= 4 is 35.0 Å². The van der Waals surface area contributed by atoms with Gasteiger partial charge >= 0.3 is 0 Å². The average Bonchev–Trinajstić information content (AvgIpc) is 2.17. The Morgan fingerprint density at radius 1 is 1.47 bits per heavy atom. The van der Waals surface area contributed by atoms with Crippen LogP contribution in [0.2, 0.25) is 5.02 Å². The van der Waals surface area contributed by atoms with E-state index in [9.17, 15) is 4.79 Å². The predicted molar refractivity (Wildman–Crippen MR) is 74.5 cm³/mol. The molecule has 1 aromatic rings. The average molecular weight is 273 g/mol. The highest BCUT2D eigenvalue weighted by atomic mass is 35.5. The van der Waals surface area contributed by atoms with Gasteiger partial charge in [0.05, 0.1) is 5.75 Å². The van der Waals surface area contributed by atoms with E-state index in [1.54, 1.807) is 18.2 Å². The Hall–Kier alpha value is -0.870. The largest absolute Gasteiger partial charge is 0.398 e. The van der Waals surface area contributed by atoms with E-state index in [0.29, 0.717) is 16.5 Å². The van der Waals surface area contributed by atoms with Crippen LogP contribution in [0.25, 0.3) is 0 Å². The first-order valence-electron chi connectivity index (χ1n) is 5.27. The molecule has 0 radical (unpaired) electrons. The maximum absolute atomic E-state index is 11.6. The summed E-state index contributed by atoms with van der Waals surface area (Å²) in [6, 6.07) is 5.24. The summed E-state index contributed by atoms with van der Waals surface area (Å²) in [7, 11) is 0. The fourth-order valence-corrected chi connectivity index (χ4v) is 2.27. The van der Waals surface area contributed by atoms with Crippen LogP contribution in [0.1, 0.15) is 20.8 Å². The highest BCUT2D eigenvalue weighted by molar-refractivity contribution is 8.00. The summed E-state index contributed by atoms with van der Waals surface area (Å²) >= 11 is 7.26. The van der Waals surface area contributed by atoms with E-state index >= 15 is 0 Å². The molecule has 3 N–H and O–H groups in total. The van der Waals surface area contributed by atoms with Gasteiger partial charge in [-0.2, -0.15) is 0 Å². The minimum absolute atomic E-state index is 0.0122. The van der Waals surface area contributed by atoms with Gasteiger partial charge in [0.25, 0.3) is 0 Å². The zero-order chi connectivity index (χ0) is 13.1. The van der Waals surface area contributed by atoms with E-state index in [2.05, 4.69) is 5.32 Å². The van der Waals surface area contributed by atoms with E-state index in [1.165, 1.54) is 11.8 Å². The molecule has 0 aliphatic heterocycles. The van der Waals surface area contributed by atoms with Gasteiger partial charge in [-0.15, -0.1) is 11.8 Å². The summed E-state index contributed by atoms with van der Waals surface area (Å²) in [6.45, 7) is 5.84. The van der Waals surface area contributed by atoms with Crippen LogP contribution >= 0.6 is 23.4 Å². The third kappa shape index (κ3) is 5.33. The Bertz CT molecular complexity index is 415. The molecule has 0 atom stereocenters. The number of rotatable bonds is 3. The lowest BCUT2D eigenvalue weighted by Crippen LogP contribution is -2.41. The maximum Gasteiger partial charge on any atom is 0.230 e. The number of nitrogens with two attached hydrogens (primary N) is 1. The van der Waals surface area contributed by atoms with Crippen LogP contribution in [-0.4, -0.2) is 17.2 Å². The normalized spacial score (nSPS) is 11.3. The second-order valence-corrected chi connectivity index (χ2v) is 6.22. The third-order valence-corrected chi connectivity index (χ3v) is 3.15. The zero-order valence-corrected chi connectivity index (χ0v) is 11.8. The Labute approximate surface area is 111 Å². The van der Waals surface area contributed by atoms with Gasteiger partial charge in [0.1, 0.15) is 0 Å². The lowest BCUT2D eigenvalue weighted by molar-refractivity contribution is -0.119. The molecule has 0 unspecified atom stereocenters. The molecule has 0 spiro atoms. The molecule has 0 fully saturated rings. The van der Waals surface area contributed by atoms with Crippen LogP contribution in [0, 0.1) is 0 Å². The smallest absolute Gasteiger partial charge is 0.230 e. The van der Waals surface area contributed by atoms with Gasteiger partial charge in [0.2, 0.25) is 5.91 Å². The maximum atomic E-state index is 11.6. The van der Waals surface area contributed by atoms with Crippen LogP contribution in [0.5, 0.6) is 0 Å². The number of carbonyl (C=O) groups is 1. The molecule has 17 heavy (non-hydrogen) atoms. The number of hydrogen-bond donors (Lipinski definition) is 2. The molecule has 0 bridgehead atoms. The summed E-state index contributed by atoms with van der Waals surface area (Å²) in [5.74, 6) is 0.323. The van der Waals surface area contributed by atoms with E-state index in [0.717, 1.165) is 4.90 Å². The van der Waals surface area contributed by atoms with Crippen molar-refractivity contribution in [2.75, 3.05) is 11.5 Å². The summed E-state index contributed by atoms with van der Waals surface area (Å²) in [5.41, 5.74) is 6.22. The highest BCUT2D eigenvalue weighted by Gasteiger charge is 2.14. The molecule has 0 saturated heterocycles. The molecular formula is C12H17ClN2OS. The quantitative estimate of drug-likeness (QED) is 0.657. The van der Waals surface area contributed by atoms with Crippen LogP contribution in [-0.2, 0) is 4.79 Å². The monoisotopic (exact) mass is 272 g/mol. The Morgan fingerprint density at radius 3 is 2.71 bits per heavy atom. The second-order valence-electron chi connectivity index (χ2n) is 4.77. The topological polar surface area (TPSA) is 55.1 Å². The van der Waals surface area contributed by atoms with Crippen LogP contribution in [0.15, 0.2) is 23.1 Å². The number of amides is 1. The van der Waals surface area contributed by atoms with Gasteiger partial charge in [-0.1, -0.05) is 11.6 Å². The first-order valence-corrected chi connectivity index (χ1v) is 6.63. The van der Waals surface area contributed by atoms with Crippen molar-refractivity contribution in [2.45, 2.75) is 31.2 Å². The van der Waals surface area contributed by atoms with E-state index in [1.807, 2.05) is 20.8 Å². The first-order chi connectivity index (χ1) is 7.78. The number of halogens is 1. The van der Waals surface area contributed by atoms with Crippen molar-refractivity contribution in [3.8, 4) is 0 Å². The summed E-state index contributed by atoms with van der Waals surface area (Å²) in [4.78, 5) is 12.5. The number of hydrogen-bond acceptors (Lipinski definition) is 3. The van der Waals surface area contributed by atoms with Gasteiger partial charge in [-0.25, -0.2) is 0 Å². The van der Waals surface area contributed by atoms with Crippen LogP contribution in [0.4, 0.5) is 5.69 Å². The molecule has 0 aliphatic carbocycles. The number of nitrogen functional groups attached to an aromatic ring is 1. The Morgan fingerprint density at radius 2 is 2.12 bits per heavy atom. The van der Waals surface area contributed by atoms with Gasteiger partial charge in [0, 0.05) is 21.1 Å². The van der Waals surface area contributed by atoms with Gasteiger partial charge < -0.3 is 11.1 Å². The SMILES string of the molecule is CC(C)(C)NC(=O)CSc1cc(Cl)ccc1N. The van der Waals surface area contributed by atoms with Gasteiger partial charge in [-0.05, 0) is 39.0 Å². The van der Waals surface area contributed by atoms with E-state index in [-0.39, 0.29) is 11.4 Å². The third-order valence-electron chi connectivity index (χ3n) is 1.85. The molecule has 1 aromatic carbocycles. The fraction of sp³-hybridized carbons (Fsp3) is 0.417. The van der Waals surface area contributed by atoms with Crippen LogP contribution < -0.4 is 11.1 Å². The van der Waals surface area contributed by atoms with E-state index in [4.69, 9.17) is 17.3 Å². The molecule has 1 rings (SSSR count). The molecule has 0 saturated carbocycles. The van der Waals surface area contributed by atoms with Crippen molar-refractivity contribution in [2.24, 2.45) is 0 Å². The summed E-state index contributed by atoms with van der Waals surface area (Å²) < 4.78 is 0. The number of benzene rings is 1. The predicted octanol–water partition coefficient (Wildman–Crippen LogP) is 2.93. The number of nitrogens with one attached hydrogen (secondary N) is 1. The summed E-state index contributed by atoms with van der Waals surface area (Å²) in [5, 5.41) is 3.51. The standard InChI is InChI=1S/C12H17ClN2OS/c1-12(2,3)15-11(16)7-17-10-6-8(13)4-5-9(10)14/h4-6H,7,14H2,1-3H3,(H,15,16). The van der Waals surface area contributed by atoms with Gasteiger partial charge in [0.15, 0.2) is 0 Å². The molecule has 3 nitrogen and oxygen atoms in total. The fourth-order valence-electron chi connectivity index (χ4n) is 1.23. The lowest BCUT2D eigenvalue weighted by atomic mass is 10.1. The van der Waals surface area contributed by atoms with Crippen molar-refractivity contribution in [3.05, 3.63) is 23.2 Å². The van der Waals surface area contributed by atoms with Crippen molar-refractivity contribution in [1.29, 1.82) is 0 Å². The second kappa shape index (κ2) is 5.65. The minimum atomic E-state index is -0.211. The van der Waals surface area contributed by atoms with Crippen molar-refractivity contribution in [1.82, 2.24) is 5.32 Å². The first kappa shape index (κ1) is 14.2. The Balaban J connectivity index is 2.56. The molecule has 1 amide bonds. The number of anilines is 1. The molecule has 0 aromatic heterocycles. The van der Waals surface area contributed by atoms with E-state index < -0.39 is 0 Å². The van der Waals surface area contributed by atoms with Gasteiger partial charge in [-0.3, -0.25) is 4.79 Å².